The normalized spacial score (nSPS) is 21.7. The predicted molar refractivity (Wildman–Crippen MR) is 60.8 cm³/mol. The van der Waals surface area contributed by atoms with Crippen molar-refractivity contribution in [2.24, 2.45) is 5.73 Å². The SMILES string of the molecule is CCNC(=O)N1CCC(NC(=O)[C@@H](C)N)C1. The number of hydrogen-bond donors (Lipinski definition) is 3. The predicted octanol–water partition coefficient (Wildman–Crippen LogP) is -0.746. The highest BCUT2D eigenvalue weighted by Crippen LogP contribution is 2.09. The molecular formula is C10H20N4O2. The molecule has 1 unspecified atom stereocenters. The van der Waals surface area contributed by atoms with Gasteiger partial charge in [0.15, 0.2) is 0 Å². The van der Waals surface area contributed by atoms with Crippen molar-refractivity contribution >= 4 is 11.9 Å². The maximum Gasteiger partial charge on any atom is 0.317 e. The molecule has 0 radical (unpaired) electrons. The van der Waals surface area contributed by atoms with Crippen molar-refractivity contribution in [3.05, 3.63) is 0 Å². The van der Waals surface area contributed by atoms with E-state index in [0.717, 1.165) is 6.42 Å². The van der Waals surface area contributed by atoms with E-state index in [1.165, 1.54) is 0 Å². The number of carbonyl (C=O) groups is 2. The minimum absolute atomic E-state index is 0.0288. The molecule has 1 rings (SSSR count). The van der Waals surface area contributed by atoms with E-state index in [2.05, 4.69) is 10.6 Å². The van der Waals surface area contributed by atoms with E-state index in [-0.39, 0.29) is 18.0 Å². The molecule has 0 spiro atoms. The third-order valence-corrected chi connectivity index (χ3v) is 2.56. The Kier molecular flexibility index (Phi) is 4.54. The molecule has 0 aliphatic carbocycles. The molecule has 1 saturated heterocycles. The van der Waals surface area contributed by atoms with Crippen LogP contribution in [0, 0.1) is 0 Å². The van der Waals surface area contributed by atoms with E-state index in [1.807, 2.05) is 6.92 Å². The lowest BCUT2D eigenvalue weighted by molar-refractivity contribution is -0.122. The van der Waals surface area contributed by atoms with Crippen molar-refractivity contribution in [1.82, 2.24) is 15.5 Å². The van der Waals surface area contributed by atoms with Gasteiger partial charge in [0.1, 0.15) is 0 Å². The summed E-state index contributed by atoms with van der Waals surface area (Å²) in [5.41, 5.74) is 5.45. The van der Waals surface area contributed by atoms with Gasteiger partial charge in [0.2, 0.25) is 5.91 Å². The van der Waals surface area contributed by atoms with Gasteiger partial charge in [-0.05, 0) is 20.3 Å². The van der Waals surface area contributed by atoms with Gasteiger partial charge in [-0.15, -0.1) is 0 Å². The van der Waals surface area contributed by atoms with Crippen LogP contribution in [0.1, 0.15) is 20.3 Å². The van der Waals surface area contributed by atoms with Crippen LogP contribution >= 0.6 is 0 Å². The van der Waals surface area contributed by atoms with Gasteiger partial charge in [-0.3, -0.25) is 4.79 Å². The Hall–Kier alpha value is -1.30. The first-order valence-electron chi connectivity index (χ1n) is 5.63. The molecule has 4 N–H and O–H groups in total. The average molecular weight is 228 g/mol. The molecule has 16 heavy (non-hydrogen) atoms. The quantitative estimate of drug-likeness (QED) is 0.594. The number of hydrogen-bond acceptors (Lipinski definition) is 3. The van der Waals surface area contributed by atoms with Crippen LogP contribution in [0.15, 0.2) is 0 Å². The van der Waals surface area contributed by atoms with E-state index >= 15 is 0 Å². The molecule has 1 fully saturated rings. The van der Waals surface area contributed by atoms with E-state index in [1.54, 1.807) is 11.8 Å². The van der Waals surface area contributed by atoms with Crippen molar-refractivity contribution in [3.8, 4) is 0 Å². The number of nitrogens with two attached hydrogens (primary N) is 1. The zero-order valence-electron chi connectivity index (χ0n) is 9.82. The third kappa shape index (κ3) is 3.37. The topological polar surface area (TPSA) is 87.5 Å². The van der Waals surface area contributed by atoms with E-state index in [4.69, 9.17) is 5.73 Å². The van der Waals surface area contributed by atoms with Crippen molar-refractivity contribution in [1.29, 1.82) is 0 Å². The van der Waals surface area contributed by atoms with Crippen LogP contribution in [0.5, 0.6) is 0 Å². The second-order valence-corrected chi connectivity index (χ2v) is 4.06. The maximum atomic E-state index is 11.5. The first kappa shape index (κ1) is 12.8. The summed E-state index contributed by atoms with van der Waals surface area (Å²) >= 11 is 0. The number of urea groups is 1. The van der Waals surface area contributed by atoms with E-state index in [9.17, 15) is 9.59 Å². The number of nitrogens with zero attached hydrogens (tertiary/aromatic N) is 1. The summed E-state index contributed by atoms with van der Waals surface area (Å²) in [6.07, 6.45) is 0.787. The minimum atomic E-state index is -0.501. The van der Waals surface area contributed by atoms with Crippen molar-refractivity contribution in [2.75, 3.05) is 19.6 Å². The van der Waals surface area contributed by atoms with Gasteiger partial charge in [-0.25, -0.2) is 4.79 Å². The monoisotopic (exact) mass is 228 g/mol. The van der Waals surface area contributed by atoms with Gasteiger partial charge in [0.25, 0.3) is 0 Å². The Bertz CT molecular complexity index is 268. The third-order valence-electron chi connectivity index (χ3n) is 2.56. The lowest BCUT2D eigenvalue weighted by Gasteiger charge is -2.17. The van der Waals surface area contributed by atoms with Crippen LogP contribution in [-0.2, 0) is 4.79 Å². The van der Waals surface area contributed by atoms with Gasteiger partial charge in [0, 0.05) is 25.7 Å². The lowest BCUT2D eigenvalue weighted by Crippen LogP contribution is -2.46. The highest BCUT2D eigenvalue weighted by atomic mass is 16.2. The average Bonchev–Trinajstić information content (AvgIpc) is 2.66. The second kappa shape index (κ2) is 5.69. The maximum absolute atomic E-state index is 11.5. The molecule has 6 nitrogen and oxygen atoms in total. The summed E-state index contributed by atoms with van der Waals surface area (Å²) in [4.78, 5) is 24.5. The zero-order valence-corrected chi connectivity index (χ0v) is 9.82. The molecule has 0 aromatic heterocycles. The summed E-state index contributed by atoms with van der Waals surface area (Å²) < 4.78 is 0. The Morgan fingerprint density at radius 3 is 2.81 bits per heavy atom. The first-order chi connectivity index (χ1) is 7.54. The van der Waals surface area contributed by atoms with Crippen LogP contribution in [0.4, 0.5) is 4.79 Å². The molecule has 0 aromatic carbocycles. The minimum Gasteiger partial charge on any atom is -0.350 e. The number of rotatable bonds is 3. The van der Waals surface area contributed by atoms with Gasteiger partial charge in [-0.2, -0.15) is 0 Å². The fourth-order valence-corrected chi connectivity index (χ4v) is 1.66. The van der Waals surface area contributed by atoms with Gasteiger partial charge < -0.3 is 21.3 Å². The van der Waals surface area contributed by atoms with Crippen molar-refractivity contribution in [3.63, 3.8) is 0 Å². The van der Waals surface area contributed by atoms with E-state index in [0.29, 0.717) is 19.6 Å². The molecule has 92 valence electrons. The summed E-state index contributed by atoms with van der Waals surface area (Å²) in [6, 6.07) is -0.542. The van der Waals surface area contributed by atoms with E-state index < -0.39 is 6.04 Å². The molecule has 1 aliphatic heterocycles. The zero-order chi connectivity index (χ0) is 12.1. The van der Waals surface area contributed by atoms with Gasteiger partial charge in [-0.1, -0.05) is 0 Å². The Morgan fingerprint density at radius 1 is 1.56 bits per heavy atom. The van der Waals surface area contributed by atoms with Crippen molar-refractivity contribution in [2.45, 2.75) is 32.4 Å². The number of amides is 3. The van der Waals surface area contributed by atoms with Gasteiger partial charge >= 0.3 is 6.03 Å². The Morgan fingerprint density at radius 2 is 2.25 bits per heavy atom. The standard InChI is InChI=1S/C10H20N4O2/c1-3-12-10(16)14-5-4-8(6-14)13-9(15)7(2)11/h7-8H,3-6,11H2,1-2H3,(H,12,16)(H,13,15)/t7-,8?/m1/s1. The largest absolute Gasteiger partial charge is 0.350 e. The van der Waals surface area contributed by atoms with Gasteiger partial charge in [0.05, 0.1) is 6.04 Å². The molecule has 6 heteroatoms. The van der Waals surface area contributed by atoms with Crippen molar-refractivity contribution < 1.29 is 9.59 Å². The van der Waals surface area contributed by atoms with Crippen LogP contribution in [0.25, 0.3) is 0 Å². The first-order valence-corrected chi connectivity index (χ1v) is 5.63. The van der Waals surface area contributed by atoms with Crippen LogP contribution in [0.2, 0.25) is 0 Å². The summed E-state index contributed by atoms with van der Waals surface area (Å²) in [5.74, 6) is -0.164. The van der Waals surface area contributed by atoms with Crippen LogP contribution < -0.4 is 16.4 Å². The fraction of sp³-hybridized carbons (Fsp3) is 0.800. The molecule has 1 heterocycles. The molecule has 1 aliphatic rings. The molecular weight excluding hydrogens is 208 g/mol. The highest BCUT2D eigenvalue weighted by molar-refractivity contribution is 5.81. The number of carbonyl (C=O) groups excluding carboxylic acids is 2. The molecule has 0 bridgehead atoms. The lowest BCUT2D eigenvalue weighted by atomic mass is 10.2. The summed E-state index contributed by atoms with van der Waals surface area (Å²) in [7, 11) is 0. The Labute approximate surface area is 95.5 Å². The smallest absolute Gasteiger partial charge is 0.317 e. The van der Waals surface area contributed by atoms with Crippen LogP contribution in [-0.4, -0.2) is 48.6 Å². The number of likely N-dealkylation sites (tertiary alicyclic amines) is 1. The molecule has 3 amide bonds. The summed E-state index contributed by atoms with van der Waals surface area (Å²) in [6.45, 7) is 5.38. The molecule has 2 atom stereocenters. The Balaban J connectivity index is 2.35. The highest BCUT2D eigenvalue weighted by Gasteiger charge is 2.27. The number of nitrogens with one attached hydrogen (secondary N) is 2. The molecule has 0 saturated carbocycles. The second-order valence-electron chi connectivity index (χ2n) is 4.06. The summed E-state index contributed by atoms with van der Waals surface area (Å²) in [5, 5.41) is 5.55. The molecule has 0 aromatic rings. The van der Waals surface area contributed by atoms with Crippen LogP contribution in [0.3, 0.4) is 0 Å². The fourth-order valence-electron chi connectivity index (χ4n) is 1.66.